The van der Waals surface area contributed by atoms with Gasteiger partial charge < -0.3 is 5.11 Å². The summed E-state index contributed by atoms with van der Waals surface area (Å²) in [6.45, 7) is 0. The molecular formula is C19H22N4O. The molecule has 5 nitrogen and oxygen atoms in total. The number of fused-ring (bicyclic) bond motifs is 1. The third-order valence-corrected chi connectivity index (χ3v) is 4.81. The molecule has 0 saturated heterocycles. The average molecular weight is 322 g/mol. The van der Waals surface area contributed by atoms with Gasteiger partial charge in [0.15, 0.2) is 5.65 Å². The van der Waals surface area contributed by atoms with Crippen LogP contribution in [0.15, 0.2) is 49.1 Å². The molecular weight excluding hydrogens is 300 g/mol. The van der Waals surface area contributed by atoms with Crippen LogP contribution in [0, 0.1) is 0 Å². The summed E-state index contributed by atoms with van der Waals surface area (Å²) in [6, 6.07) is 8.44. The van der Waals surface area contributed by atoms with Crippen molar-refractivity contribution in [1.29, 1.82) is 0 Å². The van der Waals surface area contributed by atoms with Crippen LogP contribution in [0.5, 0.6) is 0 Å². The zero-order chi connectivity index (χ0) is 16.4. The fourth-order valence-corrected chi connectivity index (χ4v) is 3.51. The van der Waals surface area contributed by atoms with Crippen molar-refractivity contribution in [2.75, 3.05) is 0 Å². The first-order valence-corrected chi connectivity index (χ1v) is 8.63. The third-order valence-electron chi connectivity index (χ3n) is 4.81. The number of benzene rings is 1. The van der Waals surface area contributed by atoms with Crippen molar-refractivity contribution in [3.8, 4) is 11.3 Å². The van der Waals surface area contributed by atoms with E-state index in [-0.39, 0.29) is 0 Å². The van der Waals surface area contributed by atoms with Crippen molar-refractivity contribution in [1.82, 2.24) is 19.7 Å². The highest BCUT2D eigenvalue weighted by atomic mass is 16.3. The van der Waals surface area contributed by atoms with Gasteiger partial charge in [0.2, 0.25) is 0 Å². The lowest BCUT2D eigenvalue weighted by Crippen LogP contribution is -2.34. The molecule has 2 N–H and O–H groups in total. The minimum Gasteiger partial charge on any atom is -0.374 e. The molecule has 0 bridgehead atoms. The second-order valence-electron chi connectivity index (χ2n) is 6.48. The zero-order valence-corrected chi connectivity index (χ0v) is 13.6. The number of imidazole rings is 1. The first kappa shape index (κ1) is 15.3. The normalized spacial score (nSPS) is 17.2. The summed E-state index contributed by atoms with van der Waals surface area (Å²) in [5, 5.41) is 13.9. The lowest BCUT2D eigenvalue weighted by molar-refractivity contribution is 0.114. The van der Waals surface area contributed by atoms with Crippen LogP contribution in [-0.2, 0) is 0 Å². The number of aliphatic hydroxyl groups excluding tert-OH is 1. The topological polar surface area (TPSA) is 62.5 Å². The monoisotopic (exact) mass is 322 g/mol. The number of hydrogen-bond donors (Lipinski definition) is 2. The van der Waals surface area contributed by atoms with Gasteiger partial charge in [-0.25, -0.2) is 4.98 Å². The summed E-state index contributed by atoms with van der Waals surface area (Å²) in [4.78, 5) is 8.48. The van der Waals surface area contributed by atoms with Crippen LogP contribution in [0.1, 0.15) is 43.9 Å². The molecule has 2 heterocycles. The van der Waals surface area contributed by atoms with Crippen LogP contribution in [0.2, 0.25) is 0 Å². The van der Waals surface area contributed by atoms with Crippen LogP contribution in [0.3, 0.4) is 0 Å². The van der Waals surface area contributed by atoms with Gasteiger partial charge in [0, 0.05) is 24.0 Å². The molecule has 1 aliphatic rings. The number of hydrogen-bond acceptors (Lipinski definition) is 4. The van der Waals surface area contributed by atoms with Gasteiger partial charge in [0.25, 0.3) is 0 Å². The Morgan fingerprint density at radius 3 is 2.92 bits per heavy atom. The molecule has 5 heteroatoms. The molecule has 1 atom stereocenters. The lowest BCUT2D eigenvalue weighted by Gasteiger charge is -2.26. The van der Waals surface area contributed by atoms with E-state index in [0.717, 1.165) is 35.3 Å². The molecule has 3 aromatic rings. The number of nitrogens with one attached hydrogen (secondary N) is 1. The molecule has 1 aromatic carbocycles. The van der Waals surface area contributed by atoms with Crippen molar-refractivity contribution < 1.29 is 5.11 Å². The molecule has 0 spiro atoms. The van der Waals surface area contributed by atoms with E-state index < -0.39 is 6.23 Å². The second-order valence-corrected chi connectivity index (χ2v) is 6.48. The third kappa shape index (κ3) is 3.05. The van der Waals surface area contributed by atoms with Gasteiger partial charge in [0.05, 0.1) is 18.1 Å². The van der Waals surface area contributed by atoms with E-state index in [1.54, 1.807) is 12.4 Å². The molecule has 1 fully saturated rings. The van der Waals surface area contributed by atoms with Crippen LogP contribution >= 0.6 is 0 Å². The van der Waals surface area contributed by atoms with Crippen molar-refractivity contribution in [3.63, 3.8) is 0 Å². The quantitative estimate of drug-likeness (QED) is 0.723. The minimum atomic E-state index is -0.631. The first-order valence-electron chi connectivity index (χ1n) is 8.63. The van der Waals surface area contributed by atoms with Gasteiger partial charge in [-0.2, -0.15) is 0 Å². The highest BCUT2D eigenvalue weighted by Gasteiger charge is 2.18. The molecule has 0 aliphatic heterocycles. The predicted molar refractivity (Wildman–Crippen MR) is 93.4 cm³/mol. The van der Waals surface area contributed by atoms with Gasteiger partial charge in [-0.3, -0.25) is 14.7 Å². The fraction of sp³-hybridized carbons (Fsp3) is 0.368. The maximum Gasteiger partial charge on any atom is 0.155 e. The molecule has 0 radical (unpaired) electrons. The van der Waals surface area contributed by atoms with E-state index in [0.29, 0.717) is 6.04 Å². The van der Waals surface area contributed by atoms with Crippen LogP contribution < -0.4 is 5.32 Å². The lowest BCUT2D eigenvalue weighted by atomic mass is 9.95. The van der Waals surface area contributed by atoms with E-state index in [1.165, 1.54) is 19.3 Å². The van der Waals surface area contributed by atoms with Gasteiger partial charge >= 0.3 is 0 Å². The summed E-state index contributed by atoms with van der Waals surface area (Å²) in [5.41, 5.74) is 3.75. The standard InChI is InChI=1S/C19H22N4O/c24-19(22-16-7-2-1-3-8-16)15-6-4-5-14(11-15)17-12-21-18-13-20-9-10-23(17)18/h4-6,9-13,16,19,22,24H,1-3,7-8H2. The second kappa shape index (κ2) is 6.71. The van der Waals surface area contributed by atoms with Crippen LogP contribution in [0.4, 0.5) is 0 Å². The van der Waals surface area contributed by atoms with Crippen molar-refractivity contribution in [2.45, 2.75) is 44.4 Å². The Balaban J connectivity index is 1.59. The molecule has 24 heavy (non-hydrogen) atoms. The van der Waals surface area contributed by atoms with Gasteiger partial charge in [-0.15, -0.1) is 0 Å². The maximum absolute atomic E-state index is 10.6. The molecule has 1 saturated carbocycles. The molecule has 0 amide bonds. The van der Waals surface area contributed by atoms with Crippen LogP contribution in [-0.4, -0.2) is 25.5 Å². The smallest absolute Gasteiger partial charge is 0.155 e. The molecule has 124 valence electrons. The maximum atomic E-state index is 10.6. The van der Waals surface area contributed by atoms with E-state index >= 15 is 0 Å². The Morgan fingerprint density at radius 1 is 1.17 bits per heavy atom. The molecule has 1 unspecified atom stereocenters. The Labute approximate surface area is 141 Å². The summed E-state index contributed by atoms with van der Waals surface area (Å²) in [7, 11) is 0. The van der Waals surface area contributed by atoms with E-state index in [1.807, 2.05) is 41.1 Å². The van der Waals surface area contributed by atoms with Gasteiger partial charge in [0.1, 0.15) is 6.23 Å². The number of aliphatic hydroxyl groups is 1. The van der Waals surface area contributed by atoms with E-state index in [9.17, 15) is 5.11 Å². The summed E-state index contributed by atoms with van der Waals surface area (Å²) in [6.07, 6.45) is 12.7. The fourth-order valence-electron chi connectivity index (χ4n) is 3.51. The molecule has 1 aliphatic carbocycles. The van der Waals surface area contributed by atoms with E-state index in [2.05, 4.69) is 15.3 Å². The zero-order valence-electron chi connectivity index (χ0n) is 13.6. The SMILES string of the molecule is OC(NC1CCCCC1)c1cccc(-c2cnc3cnccn23)c1. The van der Waals surface area contributed by atoms with E-state index in [4.69, 9.17) is 0 Å². The predicted octanol–water partition coefficient (Wildman–Crippen LogP) is 3.31. The highest BCUT2D eigenvalue weighted by molar-refractivity contribution is 5.64. The Kier molecular flexibility index (Phi) is 4.28. The summed E-state index contributed by atoms with van der Waals surface area (Å²) < 4.78 is 2.01. The number of aromatic nitrogens is 3. The average Bonchev–Trinajstić information content (AvgIpc) is 3.07. The Bertz CT molecular complexity index is 823. The highest BCUT2D eigenvalue weighted by Crippen LogP contribution is 2.25. The van der Waals surface area contributed by atoms with Crippen LogP contribution in [0.25, 0.3) is 16.9 Å². The van der Waals surface area contributed by atoms with Gasteiger partial charge in [-0.1, -0.05) is 37.5 Å². The summed E-state index contributed by atoms with van der Waals surface area (Å²) in [5.74, 6) is 0. The Hall–Kier alpha value is -2.24. The van der Waals surface area contributed by atoms with Crippen molar-refractivity contribution >= 4 is 5.65 Å². The molecule has 4 rings (SSSR count). The first-order chi connectivity index (χ1) is 11.8. The summed E-state index contributed by atoms with van der Waals surface area (Å²) >= 11 is 0. The Morgan fingerprint density at radius 2 is 2.04 bits per heavy atom. The minimum absolute atomic E-state index is 0.416. The number of nitrogens with zero attached hydrogens (tertiary/aromatic N) is 3. The van der Waals surface area contributed by atoms with Gasteiger partial charge in [-0.05, 0) is 24.5 Å². The van der Waals surface area contributed by atoms with Crippen molar-refractivity contribution in [3.05, 3.63) is 54.6 Å². The molecule has 2 aromatic heterocycles. The largest absolute Gasteiger partial charge is 0.374 e. The van der Waals surface area contributed by atoms with Crippen molar-refractivity contribution in [2.24, 2.45) is 0 Å². The number of rotatable bonds is 4.